The van der Waals surface area contributed by atoms with Crippen LogP contribution in [0.4, 0.5) is 0 Å². The summed E-state index contributed by atoms with van der Waals surface area (Å²) >= 11 is 0. The number of allylic oxidation sites excluding steroid dienone is 2. The van der Waals surface area contributed by atoms with E-state index >= 15 is 4.79 Å². The highest BCUT2D eigenvalue weighted by atomic mass is 16.8. The standard InChI is InChI=1S/C53H86O21/c1-23-32(56)35(59)39(63)45(69-23)73-42-27(20-54)70-43(41(65)37(42)61)68-22-28-34(58)36(60)40(64)46(71-28)74-47(66)53-17-15-48(2,3)19-25(53)24-9-10-30-50(6)13-12-31(72-44-38(62)33(57)26(55)21-67-44)49(4,5)29(50)11-14-52(30,8)51(24,7)16-18-53/h9,23,25-46,54-65H,10-22H2,1-8H3/t23-,25-,26+,27+,28+,29-,30+,31-,32-,33-,34+,35+,36-,37+,38+,39+,40+,41+,42+,43+,44-,45-,46-,50-,51+,52+,53-/m0/s1. The molecular weight excluding hydrogens is 973 g/mol. The van der Waals surface area contributed by atoms with Crippen LogP contribution in [0.3, 0.4) is 0 Å². The van der Waals surface area contributed by atoms with Gasteiger partial charge in [0.25, 0.3) is 0 Å². The van der Waals surface area contributed by atoms with Gasteiger partial charge in [-0.1, -0.05) is 60.1 Å². The van der Waals surface area contributed by atoms with Gasteiger partial charge in [-0.15, -0.1) is 0 Å². The fraction of sp³-hybridized carbons (Fsp3) is 0.943. The largest absolute Gasteiger partial charge is 0.432 e. The van der Waals surface area contributed by atoms with Crippen molar-refractivity contribution in [2.45, 2.75) is 242 Å². The van der Waals surface area contributed by atoms with Gasteiger partial charge in [-0.05, 0) is 116 Å². The van der Waals surface area contributed by atoms with Crippen LogP contribution in [0.25, 0.3) is 0 Å². The number of carbonyl (C=O) groups is 1. The molecule has 4 aliphatic heterocycles. The first-order chi connectivity index (χ1) is 34.6. The summed E-state index contributed by atoms with van der Waals surface area (Å²) in [5, 5.41) is 128. The molecule has 0 aromatic rings. The van der Waals surface area contributed by atoms with Crippen molar-refractivity contribution in [3.8, 4) is 0 Å². The van der Waals surface area contributed by atoms with Crippen LogP contribution >= 0.6 is 0 Å². The topological polar surface area (TPSA) is 334 Å². The van der Waals surface area contributed by atoms with Gasteiger partial charge >= 0.3 is 5.97 Å². The molecular formula is C53H86O21. The summed E-state index contributed by atoms with van der Waals surface area (Å²) in [6.45, 7) is 16.1. The molecule has 5 aliphatic carbocycles. The first-order valence-electron chi connectivity index (χ1n) is 27.1. The van der Waals surface area contributed by atoms with E-state index in [2.05, 4.69) is 54.5 Å². The van der Waals surface area contributed by atoms with E-state index in [4.69, 9.17) is 37.9 Å². The molecule has 0 amide bonds. The Bertz CT molecular complexity index is 2040. The zero-order chi connectivity index (χ0) is 54.0. The molecule has 0 spiro atoms. The fourth-order valence-corrected chi connectivity index (χ4v) is 16.1. The van der Waals surface area contributed by atoms with Gasteiger partial charge in [0, 0.05) is 0 Å². The van der Waals surface area contributed by atoms with Crippen LogP contribution in [0.2, 0.25) is 0 Å². The van der Waals surface area contributed by atoms with E-state index in [1.54, 1.807) is 0 Å². The summed E-state index contributed by atoms with van der Waals surface area (Å²) in [4.78, 5) is 15.1. The first kappa shape index (κ1) is 57.1. The third-order valence-corrected chi connectivity index (χ3v) is 21.0. The van der Waals surface area contributed by atoms with E-state index in [0.29, 0.717) is 25.2 Å². The highest BCUT2D eigenvalue weighted by Gasteiger charge is 2.70. The molecule has 9 rings (SSSR count). The molecule has 4 saturated carbocycles. The van der Waals surface area contributed by atoms with Gasteiger partial charge in [0.1, 0.15) is 85.5 Å². The second-order valence-electron chi connectivity index (χ2n) is 25.8. The van der Waals surface area contributed by atoms with Crippen molar-refractivity contribution in [2.75, 3.05) is 19.8 Å². The fourth-order valence-electron chi connectivity index (χ4n) is 16.1. The summed E-state index contributed by atoms with van der Waals surface area (Å²) in [5.74, 6) is -0.203. The number of rotatable bonds is 10. The van der Waals surface area contributed by atoms with Gasteiger partial charge in [-0.25, -0.2) is 0 Å². The Labute approximate surface area is 433 Å². The molecule has 424 valence electrons. The Morgan fingerprint density at radius 2 is 1.27 bits per heavy atom. The normalized spacial score (nSPS) is 54.1. The van der Waals surface area contributed by atoms with E-state index in [1.165, 1.54) is 12.5 Å². The lowest BCUT2D eigenvalue weighted by Gasteiger charge is -2.71. The van der Waals surface area contributed by atoms with Crippen LogP contribution in [-0.4, -0.2) is 210 Å². The lowest BCUT2D eigenvalue weighted by Crippen LogP contribution is -2.66. The van der Waals surface area contributed by atoms with Crippen molar-refractivity contribution in [1.29, 1.82) is 0 Å². The second-order valence-corrected chi connectivity index (χ2v) is 25.8. The Morgan fingerprint density at radius 1 is 0.635 bits per heavy atom. The zero-order valence-corrected chi connectivity index (χ0v) is 44.1. The highest BCUT2D eigenvalue weighted by molar-refractivity contribution is 5.79. The number of carbonyl (C=O) groups excluding carboxylic acids is 1. The average Bonchev–Trinajstić information content (AvgIpc) is 3.34. The monoisotopic (exact) mass is 1060 g/mol. The first-order valence-corrected chi connectivity index (χ1v) is 27.1. The molecule has 4 heterocycles. The Hall–Kier alpha value is -1.55. The van der Waals surface area contributed by atoms with Gasteiger partial charge < -0.3 is 99.2 Å². The summed E-state index contributed by atoms with van der Waals surface area (Å²) in [5.41, 5.74) is -0.647. The molecule has 27 atom stereocenters. The number of fused-ring (bicyclic) bond motifs is 7. The quantitative estimate of drug-likeness (QED) is 0.0755. The SMILES string of the molecule is C[C@@H]1O[C@@H](O[C@H]2[C@H](O)[C@@H](O)[C@H](OC[C@H]3O[C@@H](OC(=O)[C@]45CCC(C)(C)C[C@H]4C4=CC[C@@H]6[C@@]7(C)CC[C@H](O[C@@H]8OC[C@@H](O)[C@H](O)[C@H]8O)C(C)(C)[C@@H]7CC[C@@]6(C)[C@]4(C)CC5)[C@H](O)[C@@H](O)[C@@H]3O)O[C@@H]2CO)[C@H](O)[C@H](O)[C@H]1O. The summed E-state index contributed by atoms with van der Waals surface area (Å²) in [7, 11) is 0. The maximum Gasteiger partial charge on any atom is 0.315 e. The Morgan fingerprint density at radius 3 is 1.97 bits per heavy atom. The Balaban J connectivity index is 0.891. The maximum atomic E-state index is 15.1. The average molecular weight is 1060 g/mol. The minimum Gasteiger partial charge on any atom is -0.432 e. The minimum atomic E-state index is -1.86. The number of aliphatic hydroxyl groups is 12. The van der Waals surface area contributed by atoms with Crippen molar-refractivity contribution >= 4 is 5.97 Å². The van der Waals surface area contributed by atoms with Crippen molar-refractivity contribution in [3.05, 3.63) is 11.6 Å². The van der Waals surface area contributed by atoms with Crippen LogP contribution in [0, 0.1) is 50.2 Å². The molecule has 0 radical (unpaired) electrons. The summed E-state index contributed by atoms with van der Waals surface area (Å²) in [6, 6.07) is 0. The van der Waals surface area contributed by atoms with Crippen LogP contribution < -0.4 is 0 Å². The molecule has 12 N–H and O–H groups in total. The van der Waals surface area contributed by atoms with Gasteiger partial charge in [0.05, 0.1) is 37.4 Å². The van der Waals surface area contributed by atoms with Crippen LogP contribution in [-0.2, 0) is 42.7 Å². The zero-order valence-electron chi connectivity index (χ0n) is 44.1. The molecule has 8 fully saturated rings. The number of ether oxygens (including phenoxy) is 8. The predicted octanol–water partition coefficient (Wildman–Crippen LogP) is -0.369. The smallest absolute Gasteiger partial charge is 0.315 e. The van der Waals surface area contributed by atoms with Gasteiger partial charge in [0.2, 0.25) is 6.29 Å². The van der Waals surface area contributed by atoms with Crippen molar-refractivity contribution < 1.29 is 104 Å². The molecule has 21 nitrogen and oxygen atoms in total. The summed E-state index contributed by atoms with van der Waals surface area (Å²) in [6.07, 6.45) is -19.6. The van der Waals surface area contributed by atoms with E-state index in [1.807, 2.05) is 0 Å². The van der Waals surface area contributed by atoms with E-state index in [9.17, 15) is 61.3 Å². The minimum absolute atomic E-state index is 0.0778. The molecule has 0 bridgehead atoms. The van der Waals surface area contributed by atoms with Gasteiger partial charge in [-0.2, -0.15) is 0 Å². The predicted molar refractivity (Wildman–Crippen MR) is 255 cm³/mol. The highest BCUT2D eigenvalue weighted by Crippen LogP contribution is 2.76. The summed E-state index contributed by atoms with van der Waals surface area (Å²) < 4.78 is 47.1. The molecule has 0 aromatic heterocycles. The third-order valence-electron chi connectivity index (χ3n) is 21.0. The van der Waals surface area contributed by atoms with Crippen LogP contribution in [0.15, 0.2) is 11.6 Å². The maximum absolute atomic E-state index is 15.1. The molecule has 9 aliphatic rings. The number of aliphatic hydroxyl groups excluding tert-OH is 12. The lowest BCUT2D eigenvalue weighted by molar-refractivity contribution is -0.361. The van der Waals surface area contributed by atoms with E-state index < -0.39 is 141 Å². The van der Waals surface area contributed by atoms with E-state index in [-0.39, 0.29) is 51.6 Å². The number of hydrogen-bond acceptors (Lipinski definition) is 21. The van der Waals surface area contributed by atoms with Gasteiger partial charge in [0.15, 0.2) is 18.9 Å². The van der Waals surface area contributed by atoms with Crippen molar-refractivity contribution in [3.63, 3.8) is 0 Å². The third kappa shape index (κ3) is 9.27. The molecule has 0 aromatic carbocycles. The molecule has 21 heteroatoms. The number of hydrogen-bond donors (Lipinski definition) is 12. The second kappa shape index (κ2) is 20.5. The van der Waals surface area contributed by atoms with Crippen molar-refractivity contribution in [1.82, 2.24) is 0 Å². The van der Waals surface area contributed by atoms with Crippen LogP contribution in [0.1, 0.15) is 120 Å². The molecule has 74 heavy (non-hydrogen) atoms. The molecule has 0 unspecified atom stereocenters. The van der Waals surface area contributed by atoms with Crippen molar-refractivity contribution in [2.24, 2.45) is 50.2 Å². The van der Waals surface area contributed by atoms with Gasteiger partial charge in [-0.3, -0.25) is 4.79 Å². The lowest BCUT2D eigenvalue weighted by atomic mass is 9.33. The number of esters is 1. The molecule has 4 saturated heterocycles. The van der Waals surface area contributed by atoms with Crippen LogP contribution in [0.5, 0.6) is 0 Å². The Kier molecular flexibility index (Phi) is 15.8. The van der Waals surface area contributed by atoms with E-state index in [0.717, 1.165) is 44.9 Å².